The maximum absolute atomic E-state index is 13.9. The number of unbranched alkanes of at least 4 members (excludes halogenated alkanes) is 1. The zero-order valence-electron chi connectivity index (χ0n) is 31.9. The van der Waals surface area contributed by atoms with Crippen LogP contribution in [0.15, 0.2) is 95.3 Å². The fourth-order valence-electron chi connectivity index (χ4n) is 7.45. The molecule has 6 rings (SSSR count). The summed E-state index contributed by atoms with van der Waals surface area (Å²) < 4.78 is 80.9. The second-order valence-electron chi connectivity index (χ2n) is 14.6. The number of carbonyl (C=O) groups is 3. The molecule has 1 atom stereocenters. The van der Waals surface area contributed by atoms with E-state index in [1.165, 1.54) is 24.3 Å². The lowest BCUT2D eigenvalue weighted by Crippen LogP contribution is -2.45. The van der Waals surface area contributed by atoms with Crippen molar-refractivity contribution >= 4 is 34.9 Å². The molecule has 6 N–H and O–H groups in total. The highest BCUT2D eigenvalue weighted by Gasteiger charge is 2.40. The van der Waals surface area contributed by atoms with Crippen molar-refractivity contribution in [2.24, 2.45) is 5.73 Å². The van der Waals surface area contributed by atoms with E-state index in [0.717, 1.165) is 48.6 Å². The van der Waals surface area contributed by atoms with Crippen molar-refractivity contribution in [2.45, 2.75) is 51.0 Å². The summed E-state index contributed by atoms with van der Waals surface area (Å²) in [5, 5.41) is 5.65. The van der Waals surface area contributed by atoms with Crippen LogP contribution in [0.4, 0.5) is 48.2 Å². The number of alkyl halides is 6. The number of anilines is 3. The molecule has 0 radical (unpaired) electrons. The Morgan fingerprint density at radius 1 is 0.793 bits per heavy atom. The number of carbonyl (C=O) groups excluding carboxylic acids is 3. The maximum atomic E-state index is 13.9. The number of nitrogens with zero attached hydrogens (tertiary/aromatic N) is 4. The van der Waals surface area contributed by atoms with Crippen molar-refractivity contribution in [2.75, 3.05) is 68.3 Å². The third-order valence-electron chi connectivity index (χ3n) is 10.5. The van der Waals surface area contributed by atoms with E-state index in [1.54, 1.807) is 34.1 Å². The molecule has 3 aromatic carbocycles. The van der Waals surface area contributed by atoms with Crippen molar-refractivity contribution in [1.82, 2.24) is 20.0 Å². The molecule has 3 aliphatic rings. The highest BCUT2D eigenvalue weighted by atomic mass is 19.4. The first-order valence-electron chi connectivity index (χ1n) is 19.1. The maximum Gasteiger partial charge on any atom is 0.416 e. The summed E-state index contributed by atoms with van der Waals surface area (Å²) in [6.07, 6.45) is -6.15. The standard InChI is InChI=1S/C41H46F6N8O3/c1-2-3-16-52(18-7-20-54-25-34-32(37(54)56)23-50-39(58)55(34)31-11-5-9-28(22-31)41(45,46)47)17-6-19-53-24-33(51-30-10-4-8-27(21-30)40(42,43)44)35(38(53)57)36(49)26-12-14-29(48)15-13-26/h4-5,8-15,21-22,36,51H,2-3,6-7,16-20,23-25,48-49H2,1H3,(H,50,58)/t36-/m1/s1. The minimum atomic E-state index is -4.61. The molecule has 58 heavy (non-hydrogen) atoms. The van der Waals surface area contributed by atoms with Gasteiger partial charge in [0, 0.05) is 30.2 Å². The first kappa shape index (κ1) is 42.1. The van der Waals surface area contributed by atoms with Crippen LogP contribution in [0.5, 0.6) is 0 Å². The monoisotopic (exact) mass is 812 g/mol. The van der Waals surface area contributed by atoms with E-state index in [2.05, 4.69) is 22.5 Å². The molecule has 0 aliphatic carbocycles. The van der Waals surface area contributed by atoms with Gasteiger partial charge < -0.3 is 36.8 Å². The topological polar surface area (TPSA) is 140 Å². The van der Waals surface area contributed by atoms with Gasteiger partial charge >= 0.3 is 18.4 Å². The van der Waals surface area contributed by atoms with Crippen molar-refractivity contribution < 1.29 is 40.7 Å². The van der Waals surface area contributed by atoms with Gasteiger partial charge in [-0.2, -0.15) is 26.3 Å². The number of rotatable bonds is 16. The molecule has 3 heterocycles. The third-order valence-corrected chi connectivity index (χ3v) is 10.5. The van der Waals surface area contributed by atoms with E-state index in [4.69, 9.17) is 11.5 Å². The zero-order chi connectivity index (χ0) is 41.8. The summed E-state index contributed by atoms with van der Waals surface area (Å²) in [7, 11) is 0. The van der Waals surface area contributed by atoms with Crippen molar-refractivity contribution in [3.8, 4) is 0 Å². The number of halogens is 6. The summed E-state index contributed by atoms with van der Waals surface area (Å²) in [4.78, 5) is 46.8. The van der Waals surface area contributed by atoms with Crippen LogP contribution < -0.4 is 27.0 Å². The first-order valence-corrected chi connectivity index (χ1v) is 19.1. The minimum Gasteiger partial charge on any atom is -0.399 e. The molecule has 0 aromatic heterocycles. The molecule has 11 nitrogen and oxygen atoms in total. The van der Waals surface area contributed by atoms with Crippen LogP contribution in [0.1, 0.15) is 55.3 Å². The molecular weight excluding hydrogens is 766 g/mol. The molecule has 0 fully saturated rings. The van der Waals surface area contributed by atoms with Gasteiger partial charge in [0.25, 0.3) is 11.8 Å². The lowest BCUT2D eigenvalue weighted by atomic mass is 9.98. The van der Waals surface area contributed by atoms with Crippen LogP contribution >= 0.6 is 0 Å². The summed E-state index contributed by atoms with van der Waals surface area (Å²) in [5.74, 6) is -0.607. The van der Waals surface area contributed by atoms with Crippen molar-refractivity contribution in [3.63, 3.8) is 0 Å². The number of urea groups is 1. The molecule has 3 aromatic rings. The fraction of sp³-hybridized carbons (Fsp3) is 0.390. The predicted octanol–water partition coefficient (Wildman–Crippen LogP) is 6.72. The normalized spacial score (nSPS) is 16.8. The van der Waals surface area contributed by atoms with Gasteiger partial charge in [0.1, 0.15) is 0 Å². The number of nitrogen functional groups attached to an aromatic ring is 1. The van der Waals surface area contributed by atoms with Gasteiger partial charge in [-0.15, -0.1) is 0 Å². The van der Waals surface area contributed by atoms with E-state index in [-0.39, 0.29) is 48.4 Å². The molecular formula is C41H46F6N8O3. The largest absolute Gasteiger partial charge is 0.416 e. The Morgan fingerprint density at radius 2 is 1.40 bits per heavy atom. The molecule has 310 valence electrons. The van der Waals surface area contributed by atoms with Crippen LogP contribution in [0.3, 0.4) is 0 Å². The van der Waals surface area contributed by atoms with Crippen LogP contribution in [0.25, 0.3) is 0 Å². The molecule has 4 amide bonds. The Hall–Kier alpha value is -5.55. The fourth-order valence-corrected chi connectivity index (χ4v) is 7.45. The molecule has 0 spiro atoms. The van der Waals surface area contributed by atoms with E-state index in [9.17, 15) is 40.7 Å². The number of amides is 4. The smallest absolute Gasteiger partial charge is 0.399 e. The van der Waals surface area contributed by atoms with Crippen molar-refractivity contribution in [3.05, 3.63) is 112 Å². The Morgan fingerprint density at radius 3 is 2.03 bits per heavy atom. The molecule has 0 saturated carbocycles. The van der Waals surface area contributed by atoms with E-state index in [1.807, 2.05) is 0 Å². The van der Waals surface area contributed by atoms with Gasteiger partial charge in [0.2, 0.25) is 0 Å². The van der Waals surface area contributed by atoms with Gasteiger partial charge in [0.05, 0.1) is 59.3 Å². The molecule has 0 unspecified atom stereocenters. The van der Waals surface area contributed by atoms with Crippen molar-refractivity contribution in [1.29, 1.82) is 0 Å². The number of hydrogen-bond acceptors (Lipinski definition) is 7. The van der Waals surface area contributed by atoms with Gasteiger partial charge in [-0.25, -0.2) is 4.79 Å². The van der Waals surface area contributed by atoms with Gasteiger partial charge in [-0.3, -0.25) is 14.5 Å². The van der Waals surface area contributed by atoms with Crippen LogP contribution in [0.2, 0.25) is 0 Å². The Balaban J connectivity index is 1.08. The number of benzene rings is 3. The highest BCUT2D eigenvalue weighted by Crippen LogP contribution is 2.36. The number of hydrogen-bond donors (Lipinski definition) is 4. The lowest BCUT2D eigenvalue weighted by Gasteiger charge is -2.29. The average molecular weight is 813 g/mol. The zero-order valence-corrected chi connectivity index (χ0v) is 31.9. The predicted molar refractivity (Wildman–Crippen MR) is 208 cm³/mol. The minimum absolute atomic E-state index is 0.0181. The van der Waals surface area contributed by atoms with Crippen LogP contribution in [0, 0.1) is 0 Å². The molecule has 0 bridgehead atoms. The Kier molecular flexibility index (Phi) is 12.7. The van der Waals surface area contributed by atoms with Crippen LogP contribution in [-0.2, 0) is 21.9 Å². The number of nitrogens with two attached hydrogens (primary N) is 2. The highest BCUT2D eigenvalue weighted by molar-refractivity contribution is 6.06. The van der Waals surface area contributed by atoms with Gasteiger partial charge in [-0.1, -0.05) is 37.6 Å². The summed E-state index contributed by atoms with van der Waals surface area (Å²) in [5.41, 5.74) is 13.4. The Labute approximate surface area is 332 Å². The van der Waals surface area contributed by atoms with Gasteiger partial charge in [-0.05, 0) is 93.0 Å². The van der Waals surface area contributed by atoms with Crippen LogP contribution in [-0.4, -0.2) is 84.9 Å². The SMILES string of the molecule is CCCCN(CCCN1CC2=C(CNC(=O)N2c2cccc(C(F)(F)F)c2)C1=O)CCCN1CC(Nc2cccc(C(F)(F)F)c2)=C([C@H](N)c2ccc(N)cc2)C1=O. The van der Waals surface area contributed by atoms with Gasteiger partial charge in [0.15, 0.2) is 0 Å². The third kappa shape index (κ3) is 9.58. The summed E-state index contributed by atoms with van der Waals surface area (Å²) in [6.45, 7) is 4.95. The first-order chi connectivity index (χ1) is 27.5. The molecule has 0 saturated heterocycles. The van der Waals surface area contributed by atoms with E-state index >= 15 is 0 Å². The van der Waals surface area contributed by atoms with E-state index in [0.29, 0.717) is 67.2 Å². The molecule has 3 aliphatic heterocycles. The summed E-state index contributed by atoms with van der Waals surface area (Å²) >= 11 is 0. The lowest BCUT2D eigenvalue weighted by molar-refractivity contribution is -0.138. The quantitative estimate of drug-likeness (QED) is 0.0931. The average Bonchev–Trinajstić information content (AvgIpc) is 3.66. The summed E-state index contributed by atoms with van der Waals surface area (Å²) in [6, 6.07) is 14.5. The second-order valence-corrected chi connectivity index (χ2v) is 14.6. The Bertz CT molecular complexity index is 2070. The van der Waals surface area contributed by atoms with E-state index < -0.39 is 35.6 Å². The number of nitrogens with one attached hydrogen (secondary N) is 2. The second kappa shape index (κ2) is 17.5. The molecule has 17 heteroatoms.